The average Bonchev–Trinajstić information content (AvgIpc) is 2.29. The number of nitrogen functional groups attached to an aromatic ring is 1. The lowest BCUT2D eigenvalue weighted by Crippen LogP contribution is -2.33. The minimum atomic E-state index is -0.232. The second-order valence-corrected chi connectivity index (χ2v) is 4.14. The molecule has 0 unspecified atom stereocenters. The molecule has 0 aliphatic carbocycles. The van der Waals surface area contributed by atoms with E-state index in [2.05, 4.69) is 11.9 Å². The molecule has 1 heterocycles. The van der Waals surface area contributed by atoms with Crippen molar-refractivity contribution in [1.82, 2.24) is 4.98 Å². The predicted octanol–water partition coefficient (Wildman–Crippen LogP) is 1.75. The van der Waals surface area contributed by atoms with Crippen LogP contribution in [-0.2, 0) is 9.53 Å². The Morgan fingerprint density at radius 2 is 2.22 bits per heavy atom. The number of aryl methyl sites for hydroxylation is 1. The Hall–Kier alpha value is -1.78. The number of carbonyl (C=O) groups excluding carboxylic acids is 1. The maximum absolute atomic E-state index is 11.6. The largest absolute Gasteiger partial charge is 0.465 e. The van der Waals surface area contributed by atoms with Crippen molar-refractivity contribution in [1.29, 1.82) is 0 Å². The molecule has 18 heavy (non-hydrogen) atoms. The van der Waals surface area contributed by atoms with Gasteiger partial charge in [-0.1, -0.05) is 6.92 Å². The molecule has 0 bridgehead atoms. The molecule has 0 fully saturated rings. The van der Waals surface area contributed by atoms with Gasteiger partial charge in [-0.3, -0.25) is 4.79 Å². The van der Waals surface area contributed by atoms with Crippen LogP contribution in [0.3, 0.4) is 0 Å². The summed E-state index contributed by atoms with van der Waals surface area (Å²) in [7, 11) is 0. The van der Waals surface area contributed by atoms with Gasteiger partial charge in [0.05, 0.1) is 18.5 Å². The summed E-state index contributed by atoms with van der Waals surface area (Å²) in [5, 5.41) is 0. The second kappa shape index (κ2) is 6.83. The highest BCUT2D eigenvalue weighted by Crippen LogP contribution is 2.19. The van der Waals surface area contributed by atoms with Gasteiger partial charge in [0.15, 0.2) is 0 Å². The first kappa shape index (κ1) is 14.3. The van der Waals surface area contributed by atoms with Crippen LogP contribution in [0.2, 0.25) is 0 Å². The van der Waals surface area contributed by atoms with Gasteiger partial charge in [-0.05, 0) is 31.9 Å². The predicted molar refractivity (Wildman–Crippen MR) is 72.5 cm³/mol. The molecule has 0 amide bonds. The van der Waals surface area contributed by atoms with Gasteiger partial charge in [0.1, 0.15) is 12.4 Å². The number of esters is 1. The van der Waals surface area contributed by atoms with Crippen molar-refractivity contribution in [2.24, 2.45) is 0 Å². The molecule has 0 aliphatic heterocycles. The minimum absolute atomic E-state index is 0.222. The van der Waals surface area contributed by atoms with E-state index < -0.39 is 0 Å². The third kappa shape index (κ3) is 3.91. The number of carbonyl (C=O) groups is 1. The number of nitrogens with zero attached hydrogens (tertiary/aromatic N) is 2. The third-order valence-electron chi connectivity index (χ3n) is 2.49. The second-order valence-electron chi connectivity index (χ2n) is 4.14. The maximum Gasteiger partial charge on any atom is 0.325 e. The molecule has 5 heteroatoms. The molecule has 2 N–H and O–H groups in total. The van der Waals surface area contributed by atoms with E-state index in [0.717, 1.165) is 24.3 Å². The molecule has 1 rings (SSSR count). The van der Waals surface area contributed by atoms with Crippen LogP contribution in [0.1, 0.15) is 25.8 Å². The summed E-state index contributed by atoms with van der Waals surface area (Å²) < 4.78 is 4.97. The van der Waals surface area contributed by atoms with E-state index in [1.54, 1.807) is 13.1 Å². The van der Waals surface area contributed by atoms with E-state index in [0.29, 0.717) is 12.3 Å². The monoisotopic (exact) mass is 251 g/mol. The zero-order valence-electron chi connectivity index (χ0n) is 11.3. The molecule has 100 valence electrons. The molecule has 1 aromatic rings. The van der Waals surface area contributed by atoms with Crippen LogP contribution in [0.25, 0.3) is 0 Å². The number of anilines is 2. The average molecular weight is 251 g/mol. The molecule has 0 aliphatic rings. The van der Waals surface area contributed by atoms with Crippen molar-refractivity contribution in [3.63, 3.8) is 0 Å². The fourth-order valence-corrected chi connectivity index (χ4v) is 1.81. The SMILES string of the molecule is CCCN(CC(=O)OCC)c1ncc(N)cc1C. The van der Waals surface area contributed by atoms with Gasteiger partial charge in [0, 0.05) is 6.54 Å². The van der Waals surface area contributed by atoms with Crippen molar-refractivity contribution < 1.29 is 9.53 Å². The summed E-state index contributed by atoms with van der Waals surface area (Å²) in [6, 6.07) is 1.86. The summed E-state index contributed by atoms with van der Waals surface area (Å²) in [5.41, 5.74) is 7.27. The molecular weight excluding hydrogens is 230 g/mol. The molecule has 0 atom stereocenters. The summed E-state index contributed by atoms with van der Waals surface area (Å²) in [6.07, 6.45) is 2.54. The Kier molecular flexibility index (Phi) is 5.42. The standard InChI is InChI=1S/C13H21N3O2/c1-4-6-16(9-12(17)18-5-2)13-10(3)7-11(14)8-15-13/h7-8H,4-6,9,14H2,1-3H3. The maximum atomic E-state index is 11.6. The van der Waals surface area contributed by atoms with E-state index in [-0.39, 0.29) is 12.5 Å². The van der Waals surface area contributed by atoms with Crippen molar-refractivity contribution in [2.75, 3.05) is 30.3 Å². The van der Waals surface area contributed by atoms with E-state index in [4.69, 9.17) is 10.5 Å². The van der Waals surface area contributed by atoms with Gasteiger partial charge in [-0.15, -0.1) is 0 Å². The highest BCUT2D eigenvalue weighted by Gasteiger charge is 2.14. The number of rotatable bonds is 6. The van der Waals surface area contributed by atoms with Crippen molar-refractivity contribution in [2.45, 2.75) is 27.2 Å². The van der Waals surface area contributed by atoms with Crippen LogP contribution in [0, 0.1) is 6.92 Å². The lowest BCUT2D eigenvalue weighted by Gasteiger charge is -2.23. The van der Waals surface area contributed by atoms with E-state index in [1.807, 2.05) is 17.9 Å². The topological polar surface area (TPSA) is 68.5 Å². The van der Waals surface area contributed by atoms with Crippen LogP contribution in [0.4, 0.5) is 11.5 Å². The van der Waals surface area contributed by atoms with Crippen molar-refractivity contribution in [3.8, 4) is 0 Å². The van der Waals surface area contributed by atoms with Crippen LogP contribution >= 0.6 is 0 Å². The number of aromatic nitrogens is 1. The normalized spacial score (nSPS) is 10.2. The summed E-state index contributed by atoms with van der Waals surface area (Å²) in [4.78, 5) is 17.8. The summed E-state index contributed by atoms with van der Waals surface area (Å²) in [6.45, 7) is 7.18. The molecular formula is C13H21N3O2. The van der Waals surface area contributed by atoms with E-state index in [9.17, 15) is 4.79 Å². The van der Waals surface area contributed by atoms with Crippen LogP contribution in [0.15, 0.2) is 12.3 Å². The fraction of sp³-hybridized carbons (Fsp3) is 0.538. The number of nitrogens with two attached hydrogens (primary N) is 1. The Labute approximate surface area is 108 Å². The molecule has 0 spiro atoms. The van der Waals surface area contributed by atoms with E-state index >= 15 is 0 Å². The van der Waals surface area contributed by atoms with Crippen LogP contribution in [0.5, 0.6) is 0 Å². The molecule has 0 saturated heterocycles. The fourth-order valence-electron chi connectivity index (χ4n) is 1.81. The van der Waals surface area contributed by atoms with Gasteiger partial charge in [-0.25, -0.2) is 4.98 Å². The highest BCUT2D eigenvalue weighted by molar-refractivity contribution is 5.75. The van der Waals surface area contributed by atoms with Gasteiger partial charge in [0.2, 0.25) is 0 Å². The van der Waals surface area contributed by atoms with Crippen LogP contribution in [-0.4, -0.2) is 30.6 Å². The number of ether oxygens (including phenoxy) is 1. The first-order valence-corrected chi connectivity index (χ1v) is 6.21. The van der Waals surface area contributed by atoms with Gasteiger partial charge >= 0.3 is 5.97 Å². The van der Waals surface area contributed by atoms with Crippen molar-refractivity contribution >= 4 is 17.5 Å². The van der Waals surface area contributed by atoms with Crippen molar-refractivity contribution in [3.05, 3.63) is 17.8 Å². The number of hydrogen-bond donors (Lipinski definition) is 1. The summed E-state index contributed by atoms with van der Waals surface area (Å²) >= 11 is 0. The number of pyridine rings is 1. The molecule has 5 nitrogen and oxygen atoms in total. The lowest BCUT2D eigenvalue weighted by molar-refractivity contribution is -0.141. The molecule has 0 saturated carbocycles. The first-order valence-electron chi connectivity index (χ1n) is 6.21. The lowest BCUT2D eigenvalue weighted by atomic mass is 10.2. The van der Waals surface area contributed by atoms with Gasteiger partial charge in [-0.2, -0.15) is 0 Å². The Morgan fingerprint density at radius 3 is 2.78 bits per heavy atom. The third-order valence-corrected chi connectivity index (χ3v) is 2.49. The molecule has 0 aromatic carbocycles. The zero-order valence-corrected chi connectivity index (χ0v) is 11.3. The number of hydrogen-bond acceptors (Lipinski definition) is 5. The zero-order chi connectivity index (χ0) is 13.5. The smallest absolute Gasteiger partial charge is 0.325 e. The van der Waals surface area contributed by atoms with Gasteiger partial charge in [0.25, 0.3) is 0 Å². The highest BCUT2D eigenvalue weighted by atomic mass is 16.5. The van der Waals surface area contributed by atoms with Gasteiger partial charge < -0.3 is 15.4 Å². The minimum Gasteiger partial charge on any atom is -0.465 e. The Balaban J connectivity index is 2.86. The Bertz CT molecular complexity index is 407. The van der Waals surface area contributed by atoms with Crippen LogP contribution < -0.4 is 10.6 Å². The first-order chi connectivity index (χ1) is 8.58. The molecule has 1 aromatic heterocycles. The summed E-state index contributed by atoms with van der Waals surface area (Å²) in [5.74, 6) is 0.558. The Morgan fingerprint density at radius 1 is 1.50 bits per heavy atom. The molecule has 0 radical (unpaired) electrons. The van der Waals surface area contributed by atoms with E-state index in [1.165, 1.54) is 0 Å². The quantitative estimate of drug-likeness (QED) is 0.780.